The van der Waals surface area contributed by atoms with Crippen molar-refractivity contribution in [2.75, 3.05) is 0 Å². The van der Waals surface area contributed by atoms with Gasteiger partial charge in [0.15, 0.2) is 0 Å². The smallest absolute Gasteiger partial charge is 0.852 e. The number of hydrogen-bond acceptors (Lipinski definition) is 3. The van der Waals surface area contributed by atoms with Gasteiger partial charge in [0.25, 0.3) is 0 Å². The van der Waals surface area contributed by atoms with E-state index in [0.29, 0.717) is 6.10 Å². The minimum absolute atomic E-state index is 0. The summed E-state index contributed by atoms with van der Waals surface area (Å²) in [6, 6.07) is 0. The molecule has 0 unspecified atom stereocenters. The topological polar surface area (TPSA) is 55.3 Å². The fraction of sp³-hybridized carbons (Fsp3) is 1.00. The second kappa shape index (κ2) is 18.0. The van der Waals surface area contributed by atoms with Crippen molar-refractivity contribution in [3.05, 3.63) is 0 Å². The summed E-state index contributed by atoms with van der Waals surface area (Å²) >= 11 is -0.728. The Morgan fingerprint density at radius 3 is 1.00 bits per heavy atom. The summed E-state index contributed by atoms with van der Waals surface area (Å²) in [5.74, 6) is 4.36. The molecule has 0 N–H and O–H groups in total. The van der Waals surface area contributed by atoms with Gasteiger partial charge in [0.1, 0.15) is 0 Å². The van der Waals surface area contributed by atoms with Crippen LogP contribution in [0.5, 0.6) is 0 Å². The maximum Gasteiger partial charge on any atom is 2.00 e. The molecule has 0 aromatic rings. The monoisotopic (exact) mass is 243 g/mol. The molecule has 0 radical (unpaired) electrons. The zero-order valence-corrected chi connectivity index (χ0v) is 13.4. The van der Waals surface area contributed by atoms with Gasteiger partial charge >= 0.3 is 24.6 Å². The molecule has 5 heteroatoms. The molecule has 0 saturated heterocycles. The first-order chi connectivity index (χ1) is 6.59. The first-order valence-corrected chi connectivity index (χ1v) is 8.34. The van der Waals surface area contributed by atoms with Gasteiger partial charge in [-0.05, 0) is 13.8 Å². The normalized spacial score (nSPS) is 8.81. The fourth-order valence-electron chi connectivity index (χ4n) is 0.544. The van der Waals surface area contributed by atoms with Crippen LogP contribution in [0.2, 0.25) is 11.6 Å². The van der Waals surface area contributed by atoms with E-state index in [4.69, 9.17) is 3.79 Å². The van der Waals surface area contributed by atoms with Crippen LogP contribution in [-0.2, 0) is 3.79 Å². The van der Waals surface area contributed by atoms with Crippen molar-refractivity contribution in [1.82, 2.24) is 0 Å². The molecule has 0 aliphatic carbocycles. The van der Waals surface area contributed by atoms with Gasteiger partial charge in [-0.1, -0.05) is 39.3 Å². The molecule has 0 saturated carbocycles. The van der Waals surface area contributed by atoms with E-state index in [0.717, 1.165) is 0 Å². The predicted molar refractivity (Wildman–Crippen MR) is 69.7 cm³/mol. The van der Waals surface area contributed by atoms with Crippen molar-refractivity contribution in [2.45, 2.75) is 71.4 Å². The Morgan fingerprint density at radius 1 is 0.812 bits per heavy atom. The van der Waals surface area contributed by atoms with E-state index >= 15 is 0 Å². The van der Waals surface area contributed by atoms with Crippen molar-refractivity contribution >= 4 is 24.6 Å². The van der Waals surface area contributed by atoms with Gasteiger partial charge in [-0.3, -0.25) is 0 Å². The molecule has 0 aliphatic heterocycles. The predicted octanol–water partition coefficient (Wildman–Crippen LogP) is 0.792. The van der Waals surface area contributed by atoms with Gasteiger partial charge in [0.05, 0.1) is 0 Å². The molecule has 0 rings (SSSR count). The molecule has 16 heavy (non-hydrogen) atoms. The van der Waals surface area contributed by atoms with Gasteiger partial charge in [0.2, 0.25) is 0 Å². The molecule has 0 aromatic heterocycles. The molecule has 0 amide bonds. The van der Waals surface area contributed by atoms with E-state index in [1.165, 1.54) is 0 Å². The number of rotatable bonds is 2. The minimum Gasteiger partial charge on any atom is -0.852 e. The van der Waals surface area contributed by atoms with Crippen molar-refractivity contribution in [3.8, 4) is 0 Å². The van der Waals surface area contributed by atoms with Crippen LogP contribution in [0.15, 0.2) is 0 Å². The summed E-state index contributed by atoms with van der Waals surface area (Å²) in [4.78, 5) is 0. The molecule has 0 heterocycles. The van der Waals surface area contributed by atoms with Gasteiger partial charge < -0.3 is 14.0 Å². The summed E-state index contributed by atoms with van der Waals surface area (Å²) in [5.41, 5.74) is 0. The van der Waals surface area contributed by atoms with Crippen LogP contribution in [0.3, 0.4) is 0 Å². The maximum atomic E-state index is 9.53. The molecule has 94 valence electrons. The van der Waals surface area contributed by atoms with Crippen LogP contribution in [0, 0.1) is 0 Å². The first kappa shape index (κ1) is 25.4. The SMILES string of the molecule is CC(C)[O-].CC(C)[O-].CC(C)[O][Al]([CH3])[CH3].[Be+2]. The van der Waals surface area contributed by atoms with Gasteiger partial charge in [0, 0.05) is 6.10 Å². The second-order valence-corrected chi connectivity index (χ2v) is 6.70. The average Bonchev–Trinajstić information content (AvgIpc) is 1.78. The molecular weight excluding hydrogens is 216 g/mol. The van der Waals surface area contributed by atoms with E-state index in [-0.39, 0.29) is 10.1 Å². The Morgan fingerprint density at radius 2 is 1.00 bits per heavy atom. The number of hydrogen-bond donors (Lipinski definition) is 0. The third-order valence-corrected chi connectivity index (χ3v) is 1.63. The summed E-state index contributed by atoms with van der Waals surface area (Å²) < 4.78 is 5.39. The van der Waals surface area contributed by atoms with Crippen molar-refractivity contribution in [2.24, 2.45) is 0 Å². The Kier molecular flexibility index (Phi) is 28.5. The summed E-state index contributed by atoms with van der Waals surface area (Å²) in [7, 11) is 0. The Balaban J connectivity index is -0.0000000700. The zero-order valence-electron chi connectivity index (χ0n) is 12.2. The Bertz CT molecular complexity index is 91.9. The average molecular weight is 243 g/mol. The Hall–Kier alpha value is 0.581. The zero-order chi connectivity index (χ0) is 13.0. The summed E-state index contributed by atoms with van der Waals surface area (Å²) in [6.45, 7) is 10.6. The largest absolute Gasteiger partial charge is 2.00 e. The first-order valence-electron chi connectivity index (χ1n) is 5.56. The third-order valence-electron chi connectivity index (χ3n) is 0.544. The van der Waals surface area contributed by atoms with Gasteiger partial charge in [-0.2, -0.15) is 0 Å². The van der Waals surface area contributed by atoms with Crippen LogP contribution < -0.4 is 10.2 Å². The van der Waals surface area contributed by atoms with E-state index < -0.39 is 26.7 Å². The second-order valence-electron chi connectivity index (χ2n) is 4.33. The van der Waals surface area contributed by atoms with Crippen molar-refractivity contribution < 1.29 is 14.0 Å². The minimum atomic E-state index is -0.728. The van der Waals surface area contributed by atoms with E-state index in [1.807, 2.05) is 0 Å². The summed E-state index contributed by atoms with van der Waals surface area (Å²) in [6.07, 6.45) is -0.397. The van der Waals surface area contributed by atoms with Gasteiger partial charge in [-0.25, -0.2) is 0 Å². The quantitative estimate of drug-likeness (QED) is 0.674. The molecule has 0 atom stereocenters. The maximum absolute atomic E-state index is 9.53. The van der Waals surface area contributed by atoms with E-state index in [1.54, 1.807) is 27.7 Å². The fourth-order valence-corrected chi connectivity index (χ4v) is 1.63. The standard InChI is InChI=1S/3C3H7O.2CH3.Al.Be/c3*1-3(2)4;;;;/h3*3H,1-2H3;2*1H3;;/q3*-1;;;+1;+2. The van der Waals surface area contributed by atoms with Crippen LogP contribution in [0.4, 0.5) is 0 Å². The molecule has 0 bridgehead atoms. The molecule has 0 aliphatic rings. The van der Waals surface area contributed by atoms with Gasteiger partial charge in [-0.15, -0.1) is 12.2 Å². The van der Waals surface area contributed by atoms with E-state index in [2.05, 4.69) is 25.4 Å². The Labute approximate surface area is 110 Å². The molecule has 3 nitrogen and oxygen atoms in total. The molecule has 0 fully saturated rings. The van der Waals surface area contributed by atoms with Crippen molar-refractivity contribution in [3.63, 3.8) is 0 Å². The van der Waals surface area contributed by atoms with Crippen LogP contribution in [0.1, 0.15) is 41.5 Å². The third kappa shape index (κ3) is 128. The molecule has 0 aromatic carbocycles. The van der Waals surface area contributed by atoms with E-state index in [9.17, 15) is 10.2 Å². The van der Waals surface area contributed by atoms with Crippen molar-refractivity contribution in [1.29, 1.82) is 0 Å². The molecule has 0 spiro atoms. The van der Waals surface area contributed by atoms with Crippen LogP contribution >= 0.6 is 0 Å². The molecular formula is C11H27AlBeO3. The summed E-state index contributed by atoms with van der Waals surface area (Å²) in [5, 5.41) is 19.1. The van der Waals surface area contributed by atoms with Crippen LogP contribution in [0.25, 0.3) is 0 Å². The van der Waals surface area contributed by atoms with Crippen LogP contribution in [-0.4, -0.2) is 42.9 Å².